The lowest BCUT2D eigenvalue weighted by Gasteiger charge is -2.12. The molecule has 1 aliphatic rings. The summed E-state index contributed by atoms with van der Waals surface area (Å²) in [5, 5.41) is 10.3. The highest BCUT2D eigenvalue weighted by Gasteiger charge is 2.36. The SMILES string of the molecule is CCCCOC(=O)CN1C(=O)S/C(=C\c2cc(Br)ccc2OCc2ccc([N+](=O)[O-])cc2)C1=O. The van der Waals surface area contributed by atoms with E-state index in [1.54, 1.807) is 30.3 Å². The van der Waals surface area contributed by atoms with Crippen LogP contribution in [0.15, 0.2) is 51.8 Å². The van der Waals surface area contributed by atoms with Crippen LogP contribution in [-0.4, -0.2) is 40.1 Å². The van der Waals surface area contributed by atoms with E-state index in [-0.39, 0.29) is 23.8 Å². The minimum Gasteiger partial charge on any atom is -0.488 e. The number of amides is 2. The highest BCUT2D eigenvalue weighted by Crippen LogP contribution is 2.35. The van der Waals surface area contributed by atoms with E-state index < -0.39 is 28.6 Å². The fraction of sp³-hybridized carbons (Fsp3) is 0.261. The lowest BCUT2D eigenvalue weighted by molar-refractivity contribution is -0.384. The Morgan fingerprint density at radius 1 is 1.21 bits per heavy atom. The van der Waals surface area contributed by atoms with Crippen LogP contribution in [-0.2, 0) is 20.9 Å². The van der Waals surface area contributed by atoms with E-state index in [4.69, 9.17) is 9.47 Å². The summed E-state index contributed by atoms with van der Waals surface area (Å²) in [7, 11) is 0. The number of hydrogen-bond donors (Lipinski definition) is 0. The number of nitrogens with zero attached hydrogens (tertiary/aromatic N) is 2. The lowest BCUT2D eigenvalue weighted by Crippen LogP contribution is -2.34. The number of imide groups is 1. The summed E-state index contributed by atoms with van der Waals surface area (Å²) in [6.45, 7) is 1.91. The number of carbonyl (C=O) groups is 3. The summed E-state index contributed by atoms with van der Waals surface area (Å²) in [6, 6.07) is 11.2. The number of non-ortho nitro benzene ring substituents is 1. The van der Waals surface area contributed by atoms with Crippen LogP contribution in [0.5, 0.6) is 5.75 Å². The Bertz CT molecular complexity index is 1130. The Labute approximate surface area is 208 Å². The van der Waals surface area contributed by atoms with E-state index in [1.807, 2.05) is 6.92 Å². The van der Waals surface area contributed by atoms with Gasteiger partial charge in [0.25, 0.3) is 16.8 Å². The monoisotopic (exact) mass is 548 g/mol. The third-order valence-electron chi connectivity index (χ3n) is 4.72. The molecule has 34 heavy (non-hydrogen) atoms. The molecule has 2 amide bonds. The Kier molecular flexibility index (Phi) is 8.83. The molecular formula is C23H21BrN2O7S. The van der Waals surface area contributed by atoms with Crippen molar-refractivity contribution in [3.05, 3.63) is 73.1 Å². The molecule has 178 valence electrons. The maximum Gasteiger partial charge on any atom is 0.326 e. The van der Waals surface area contributed by atoms with Gasteiger partial charge >= 0.3 is 5.97 Å². The minimum atomic E-state index is -0.633. The number of hydrogen-bond acceptors (Lipinski definition) is 8. The molecule has 0 spiro atoms. The standard InChI is InChI=1S/C23H21BrN2O7S/c1-2-3-10-32-21(27)13-25-22(28)20(34-23(25)29)12-16-11-17(24)6-9-19(16)33-14-15-4-7-18(8-5-15)26(30)31/h4-9,11-12H,2-3,10,13-14H2,1H3/b20-12-. The number of benzene rings is 2. The van der Waals surface area contributed by atoms with Gasteiger partial charge in [-0.2, -0.15) is 0 Å². The minimum absolute atomic E-state index is 0.0157. The summed E-state index contributed by atoms with van der Waals surface area (Å²) < 4.78 is 11.7. The first-order valence-corrected chi connectivity index (χ1v) is 12.0. The molecule has 0 radical (unpaired) electrons. The van der Waals surface area contributed by atoms with Gasteiger partial charge in [0.1, 0.15) is 18.9 Å². The van der Waals surface area contributed by atoms with Gasteiger partial charge in [-0.05, 0) is 60.2 Å². The number of nitro benzene ring substituents is 1. The van der Waals surface area contributed by atoms with Crippen LogP contribution in [0.4, 0.5) is 10.5 Å². The van der Waals surface area contributed by atoms with Crippen LogP contribution in [0.3, 0.4) is 0 Å². The van der Waals surface area contributed by atoms with Gasteiger partial charge in [0.15, 0.2) is 0 Å². The molecule has 0 unspecified atom stereocenters. The van der Waals surface area contributed by atoms with E-state index >= 15 is 0 Å². The largest absolute Gasteiger partial charge is 0.488 e. The second-order valence-corrected chi connectivity index (χ2v) is 9.15. The zero-order valence-corrected chi connectivity index (χ0v) is 20.6. The average Bonchev–Trinajstić information content (AvgIpc) is 3.06. The molecule has 0 N–H and O–H groups in total. The van der Waals surface area contributed by atoms with Gasteiger partial charge in [-0.25, -0.2) is 0 Å². The van der Waals surface area contributed by atoms with Crippen LogP contribution >= 0.6 is 27.7 Å². The Balaban J connectivity index is 1.73. The molecule has 2 aromatic rings. The van der Waals surface area contributed by atoms with Crippen LogP contribution in [0.25, 0.3) is 6.08 Å². The summed E-state index contributed by atoms with van der Waals surface area (Å²) in [5.41, 5.74) is 1.26. The molecule has 9 nitrogen and oxygen atoms in total. The maximum atomic E-state index is 12.7. The van der Waals surface area contributed by atoms with Crippen LogP contribution < -0.4 is 4.74 Å². The van der Waals surface area contributed by atoms with Crippen molar-refractivity contribution in [2.75, 3.05) is 13.2 Å². The number of rotatable bonds is 10. The predicted octanol–water partition coefficient (Wildman–Crippen LogP) is 5.32. The summed E-state index contributed by atoms with van der Waals surface area (Å²) in [6.07, 6.45) is 3.10. The zero-order chi connectivity index (χ0) is 24.7. The Morgan fingerprint density at radius 2 is 1.94 bits per heavy atom. The van der Waals surface area contributed by atoms with Gasteiger partial charge in [0.05, 0.1) is 16.4 Å². The molecule has 2 aromatic carbocycles. The first kappa shape index (κ1) is 25.4. The third kappa shape index (κ3) is 6.67. The molecule has 1 aliphatic heterocycles. The van der Waals surface area contributed by atoms with Crippen molar-refractivity contribution in [3.8, 4) is 5.75 Å². The first-order valence-electron chi connectivity index (χ1n) is 10.3. The molecule has 1 heterocycles. The first-order chi connectivity index (χ1) is 16.3. The molecule has 0 saturated carbocycles. The molecule has 0 atom stereocenters. The maximum absolute atomic E-state index is 12.7. The fourth-order valence-corrected chi connectivity index (χ4v) is 4.13. The van der Waals surface area contributed by atoms with Crippen molar-refractivity contribution in [2.45, 2.75) is 26.4 Å². The summed E-state index contributed by atoms with van der Waals surface area (Å²) >= 11 is 4.12. The van der Waals surface area contributed by atoms with Gasteiger partial charge in [0.2, 0.25) is 0 Å². The number of carbonyl (C=O) groups excluding carboxylic acids is 3. The van der Waals surface area contributed by atoms with Crippen molar-refractivity contribution in [1.29, 1.82) is 0 Å². The van der Waals surface area contributed by atoms with E-state index in [0.717, 1.165) is 33.1 Å². The summed E-state index contributed by atoms with van der Waals surface area (Å²) in [5.74, 6) is -0.761. The number of esters is 1. The fourth-order valence-electron chi connectivity index (χ4n) is 2.92. The van der Waals surface area contributed by atoms with Gasteiger partial charge in [-0.15, -0.1) is 0 Å². The normalized spacial score (nSPS) is 14.5. The number of unbranched alkanes of at least 4 members (excludes halogenated alkanes) is 1. The van der Waals surface area contributed by atoms with Crippen molar-refractivity contribution in [1.82, 2.24) is 4.90 Å². The Hall–Kier alpha value is -3.18. The second kappa shape index (κ2) is 11.8. The number of halogens is 1. The third-order valence-corrected chi connectivity index (χ3v) is 6.12. The molecule has 3 rings (SSSR count). The van der Waals surface area contributed by atoms with E-state index in [0.29, 0.717) is 17.7 Å². The van der Waals surface area contributed by atoms with Crippen molar-refractivity contribution < 1.29 is 28.8 Å². The zero-order valence-electron chi connectivity index (χ0n) is 18.2. The van der Waals surface area contributed by atoms with Gasteiger partial charge in [0, 0.05) is 22.2 Å². The quantitative estimate of drug-likeness (QED) is 0.129. The molecule has 0 bridgehead atoms. The second-order valence-electron chi connectivity index (χ2n) is 7.24. The van der Waals surface area contributed by atoms with Crippen LogP contribution in [0.2, 0.25) is 0 Å². The highest BCUT2D eigenvalue weighted by molar-refractivity contribution is 9.10. The predicted molar refractivity (Wildman–Crippen MR) is 130 cm³/mol. The molecule has 0 aliphatic carbocycles. The van der Waals surface area contributed by atoms with Crippen LogP contribution in [0.1, 0.15) is 30.9 Å². The molecule has 1 saturated heterocycles. The molecular weight excluding hydrogens is 528 g/mol. The molecule has 0 aromatic heterocycles. The van der Waals surface area contributed by atoms with Gasteiger partial charge < -0.3 is 9.47 Å². The smallest absolute Gasteiger partial charge is 0.326 e. The topological polar surface area (TPSA) is 116 Å². The lowest BCUT2D eigenvalue weighted by atomic mass is 10.1. The van der Waals surface area contributed by atoms with E-state index in [9.17, 15) is 24.5 Å². The highest BCUT2D eigenvalue weighted by atomic mass is 79.9. The molecule has 1 fully saturated rings. The van der Waals surface area contributed by atoms with Crippen LogP contribution in [0, 0.1) is 10.1 Å². The van der Waals surface area contributed by atoms with Gasteiger partial charge in [-0.1, -0.05) is 29.3 Å². The number of nitro groups is 1. The van der Waals surface area contributed by atoms with Gasteiger partial charge in [-0.3, -0.25) is 29.4 Å². The van der Waals surface area contributed by atoms with E-state index in [2.05, 4.69) is 15.9 Å². The Morgan fingerprint density at radius 3 is 2.62 bits per heavy atom. The number of thioether (sulfide) groups is 1. The summed E-state index contributed by atoms with van der Waals surface area (Å²) in [4.78, 5) is 48.4. The number of ether oxygens (including phenoxy) is 2. The van der Waals surface area contributed by atoms with Crippen molar-refractivity contribution in [2.24, 2.45) is 0 Å². The van der Waals surface area contributed by atoms with Crippen molar-refractivity contribution >= 4 is 56.6 Å². The van der Waals surface area contributed by atoms with Crippen molar-refractivity contribution in [3.63, 3.8) is 0 Å². The van der Waals surface area contributed by atoms with E-state index in [1.165, 1.54) is 18.2 Å². The average molecular weight is 549 g/mol. The molecule has 11 heteroatoms.